The van der Waals surface area contributed by atoms with Crippen molar-refractivity contribution in [3.8, 4) is 5.75 Å². The van der Waals surface area contributed by atoms with Gasteiger partial charge in [-0.1, -0.05) is 18.2 Å². The Hall–Kier alpha value is -2.20. The maximum absolute atomic E-state index is 11.0. The minimum absolute atomic E-state index is 0.172. The monoisotopic (exact) mass is 352 g/mol. The largest absolute Gasteiger partial charge is 0.489 e. The second-order valence-corrected chi connectivity index (χ2v) is 7.44. The minimum atomic E-state index is 0.172. The fraction of sp³-hybridized carbons (Fsp3) is 0.455. The number of nitrogens with zero attached hydrogens (tertiary/aromatic N) is 2. The van der Waals surface area contributed by atoms with Crippen LogP contribution in [0.3, 0.4) is 0 Å². The van der Waals surface area contributed by atoms with Crippen molar-refractivity contribution in [1.82, 2.24) is 9.88 Å². The Morgan fingerprint density at radius 3 is 2.58 bits per heavy atom. The van der Waals surface area contributed by atoms with E-state index in [1.807, 2.05) is 39.1 Å². The SMILES string of the molecule is Cc1cc(C2CCN(Cc3ccc(OC(C)C)cn3)CC2)ccc1C=O. The smallest absolute Gasteiger partial charge is 0.150 e. The Kier molecular flexibility index (Phi) is 6.04. The summed E-state index contributed by atoms with van der Waals surface area (Å²) < 4.78 is 5.65. The lowest BCUT2D eigenvalue weighted by atomic mass is 9.88. The molecular formula is C22H28N2O2. The number of carbonyl (C=O) groups excluding carboxylic acids is 1. The van der Waals surface area contributed by atoms with Crippen LogP contribution in [0.25, 0.3) is 0 Å². The predicted octanol–water partition coefficient (Wildman–Crippen LogP) is 4.37. The maximum Gasteiger partial charge on any atom is 0.150 e. The Labute approximate surface area is 156 Å². The topological polar surface area (TPSA) is 42.4 Å². The Balaban J connectivity index is 1.53. The third-order valence-electron chi connectivity index (χ3n) is 5.03. The molecule has 1 fully saturated rings. The number of aryl methyl sites for hydroxylation is 1. The van der Waals surface area contributed by atoms with Crippen LogP contribution in [0.5, 0.6) is 5.75 Å². The summed E-state index contributed by atoms with van der Waals surface area (Å²) in [5.74, 6) is 1.41. The van der Waals surface area contributed by atoms with Gasteiger partial charge in [0.05, 0.1) is 18.0 Å². The zero-order chi connectivity index (χ0) is 18.5. The third kappa shape index (κ3) is 4.70. The van der Waals surface area contributed by atoms with Gasteiger partial charge in [0.2, 0.25) is 0 Å². The number of aldehydes is 1. The van der Waals surface area contributed by atoms with Gasteiger partial charge in [0.25, 0.3) is 0 Å². The molecule has 0 aliphatic carbocycles. The molecule has 4 nitrogen and oxygen atoms in total. The highest BCUT2D eigenvalue weighted by atomic mass is 16.5. The van der Waals surface area contributed by atoms with Crippen LogP contribution in [-0.2, 0) is 6.54 Å². The van der Waals surface area contributed by atoms with Gasteiger partial charge in [0.1, 0.15) is 12.0 Å². The van der Waals surface area contributed by atoms with Gasteiger partial charge in [-0.15, -0.1) is 0 Å². The summed E-state index contributed by atoms with van der Waals surface area (Å²) in [6.07, 6.45) is 5.22. The molecule has 138 valence electrons. The molecule has 1 aromatic carbocycles. The van der Waals surface area contributed by atoms with E-state index in [2.05, 4.69) is 28.1 Å². The Morgan fingerprint density at radius 1 is 1.23 bits per heavy atom. The van der Waals surface area contributed by atoms with Gasteiger partial charge in [0.15, 0.2) is 0 Å². The molecule has 1 aliphatic rings. The summed E-state index contributed by atoms with van der Waals surface area (Å²) in [4.78, 5) is 18.0. The van der Waals surface area contributed by atoms with E-state index in [1.165, 1.54) is 5.56 Å². The standard InChI is InChI=1S/C22H28N2O2/c1-16(2)26-22-7-6-21(23-13-22)14-24-10-8-18(9-11-24)19-4-5-20(15-25)17(3)12-19/h4-7,12-13,15-16,18H,8-11,14H2,1-3H3. The first-order valence-electron chi connectivity index (χ1n) is 9.45. The molecule has 1 saturated heterocycles. The van der Waals surface area contributed by atoms with Crippen molar-refractivity contribution in [2.45, 2.75) is 52.2 Å². The van der Waals surface area contributed by atoms with Gasteiger partial charge < -0.3 is 4.74 Å². The van der Waals surface area contributed by atoms with Crippen molar-refractivity contribution in [3.05, 3.63) is 58.9 Å². The van der Waals surface area contributed by atoms with Crippen molar-refractivity contribution in [1.29, 1.82) is 0 Å². The molecule has 0 amide bonds. The third-order valence-corrected chi connectivity index (χ3v) is 5.03. The highest BCUT2D eigenvalue weighted by molar-refractivity contribution is 5.77. The van der Waals surface area contributed by atoms with Gasteiger partial charge >= 0.3 is 0 Å². The van der Waals surface area contributed by atoms with E-state index in [-0.39, 0.29) is 6.10 Å². The van der Waals surface area contributed by atoms with Gasteiger partial charge in [-0.05, 0) is 75.9 Å². The van der Waals surface area contributed by atoms with Crippen molar-refractivity contribution in [2.24, 2.45) is 0 Å². The number of carbonyl (C=O) groups is 1. The van der Waals surface area contributed by atoms with Gasteiger partial charge in [0, 0.05) is 12.1 Å². The number of aromatic nitrogens is 1. The van der Waals surface area contributed by atoms with Crippen LogP contribution in [0.15, 0.2) is 36.5 Å². The summed E-state index contributed by atoms with van der Waals surface area (Å²) in [5.41, 5.74) is 4.32. The molecule has 1 aliphatic heterocycles. The fourth-order valence-electron chi connectivity index (χ4n) is 3.58. The van der Waals surface area contributed by atoms with E-state index in [0.717, 1.165) is 61.3 Å². The van der Waals surface area contributed by atoms with Crippen LogP contribution in [-0.4, -0.2) is 35.4 Å². The minimum Gasteiger partial charge on any atom is -0.489 e. The first kappa shape index (κ1) is 18.6. The Bertz CT molecular complexity index is 732. The number of likely N-dealkylation sites (tertiary alicyclic amines) is 1. The Morgan fingerprint density at radius 2 is 2.00 bits per heavy atom. The molecule has 2 aromatic rings. The molecule has 0 saturated carbocycles. The van der Waals surface area contributed by atoms with Crippen molar-refractivity contribution < 1.29 is 9.53 Å². The summed E-state index contributed by atoms with van der Waals surface area (Å²) in [6.45, 7) is 9.09. The van der Waals surface area contributed by atoms with Gasteiger partial charge in [-0.2, -0.15) is 0 Å². The molecule has 0 spiro atoms. The normalized spacial score (nSPS) is 16.0. The van der Waals surface area contributed by atoms with Crippen molar-refractivity contribution in [2.75, 3.05) is 13.1 Å². The summed E-state index contributed by atoms with van der Waals surface area (Å²) in [7, 11) is 0. The van der Waals surface area contributed by atoms with E-state index >= 15 is 0 Å². The highest BCUT2D eigenvalue weighted by Crippen LogP contribution is 2.29. The second-order valence-electron chi connectivity index (χ2n) is 7.44. The number of benzene rings is 1. The molecule has 0 bridgehead atoms. The number of piperidine rings is 1. The average molecular weight is 352 g/mol. The highest BCUT2D eigenvalue weighted by Gasteiger charge is 2.21. The lowest BCUT2D eigenvalue weighted by Gasteiger charge is -2.32. The molecule has 1 aromatic heterocycles. The number of rotatable bonds is 6. The predicted molar refractivity (Wildman–Crippen MR) is 104 cm³/mol. The lowest BCUT2D eigenvalue weighted by Crippen LogP contribution is -2.32. The maximum atomic E-state index is 11.0. The van der Waals surface area contributed by atoms with Crippen molar-refractivity contribution in [3.63, 3.8) is 0 Å². The average Bonchev–Trinajstić information content (AvgIpc) is 2.63. The van der Waals surface area contributed by atoms with Crippen LogP contribution in [0, 0.1) is 6.92 Å². The van der Waals surface area contributed by atoms with Crippen molar-refractivity contribution >= 4 is 6.29 Å². The van der Waals surface area contributed by atoms with Gasteiger partial charge in [-0.3, -0.25) is 14.7 Å². The molecule has 26 heavy (non-hydrogen) atoms. The summed E-state index contributed by atoms with van der Waals surface area (Å²) in [6, 6.07) is 10.3. The summed E-state index contributed by atoms with van der Waals surface area (Å²) in [5, 5.41) is 0. The number of pyridine rings is 1. The quantitative estimate of drug-likeness (QED) is 0.724. The molecule has 3 rings (SSSR count). The van der Waals surface area contributed by atoms with E-state index in [9.17, 15) is 4.79 Å². The fourth-order valence-corrected chi connectivity index (χ4v) is 3.58. The number of hydrogen-bond donors (Lipinski definition) is 0. The zero-order valence-electron chi connectivity index (χ0n) is 15.9. The van der Waals surface area contributed by atoms with E-state index in [0.29, 0.717) is 5.92 Å². The van der Waals surface area contributed by atoms with Crippen LogP contribution in [0.1, 0.15) is 59.8 Å². The molecular weight excluding hydrogens is 324 g/mol. The zero-order valence-corrected chi connectivity index (χ0v) is 15.9. The van der Waals surface area contributed by atoms with E-state index in [4.69, 9.17) is 4.74 Å². The second kappa shape index (κ2) is 8.45. The van der Waals surface area contributed by atoms with Crippen LogP contribution < -0.4 is 4.74 Å². The van der Waals surface area contributed by atoms with E-state index in [1.54, 1.807) is 0 Å². The van der Waals surface area contributed by atoms with Gasteiger partial charge in [-0.25, -0.2) is 0 Å². The molecule has 0 atom stereocenters. The van der Waals surface area contributed by atoms with Crippen LogP contribution in [0.4, 0.5) is 0 Å². The molecule has 0 radical (unpaired) electrons. The lowest BCUT2D eigenvalue weighted by molar-refractivity contribution is 0.112. The van der Waals surface area contributed by atoms with E-state index < -0.39 is 0 Å². The number of ether oxygens (including phenoxy) is 1. The first-order valence-corrected chi connectivity index (χ1v) is 9.45. The number of hydrogen-bond acceptors (Lipinski definition) is 4. The molecule has 0 N–H and O–H groups in total. The summed E-state index contributed by atoms with van der Waals surface area (Å²) >= 11 is 0. The molecule has 2 heterocycles. The van der Waals surface area contributed by atoms with Crippen LogP contribution >= 0.6 is 0 Å². The first-order chi connectivity index (χ1) is 12.5. The molecule has 0 unspecified atom stereocenters. The van der Waals surface area contributed by atoms with Crippen LogP contribution in [0.2, 0.25) is 0 Å². The molecule has 4 heteroatoms.